The summed E-state index contributed by atoms with van der Waals surface area (Å²) in [5, 5.41) is 11.0. The molecular weight excluding hydrogens is 212 g/mol. The number of carbonyl (C=O) groups excluding carboxylic acids is 2. The minimum atomic E-state index is -1.03. The molecule has 0 aromatic heterocycles. The van der Waals surface area contributed by atoms with E-state index in [4.69, 9.17) is 5.11 Å². The second-order valence-corrected chi connectivity index (χ2v) is 4.02. The van der Waals surface area contributed by atoms with Crippen LogP contribution in [0.5, 0.6) is 0 Å². The number of carboxylic acids is 1. The van der Waals surface area contributed by atoms with Crippen LogP contribution in [0.3, 0.4) is 0 Å². The number of aliphatic carboxylic acids is 1. The van der Waals surface area contributed by atoms with Gasteiger partial charge in [-0.15, -0.1) is 0 Å². The van der Waals surface area contributed by atoms with Crippen LogP contribution in [0, 0.1) is 5.92 Å². The molecule has 0 aromatic rings. The van der Waals surface area contributed by atoms with Gasteiger partial charge in [0.2, 0.25) is 11.8 Å². The van der Waals surface area contributed by atoms with Crippen molar-refractivity contribution in [1.29, 1.82) is 0 Å². The van der Waals surface area contributed by atoms with Crippen LogP contribution >= 0.6 is 0 Å². The van der Waals surface area contributed by atoms with E-state index in [1.807, 2.05) is 0 Å². The third-order valence-electron chi connectivity index (χ3n) is 2.34. The fourth-order valence-electron chi connectivity index (χ4n) is 1.34. The van der Waals surface area contributed by atoms with Gasteiger partial charge in [-0.05, 0) is 18.8 Å². The Morgan fingerprint density at radius 3 is 2.44 bits per heavy atom. The summed E-state index contributed by atoms with van der Waals surface area (Å²) in [7, 11) is 0. The van der Waals surface area contributed by atoms with Crippen molar-refractivity contribution in [3.8, 4) is 0 Å². The molecule has 2 N–H and O–H groups in total. The smallest absolute Gasteiger partial charge is 0.323 e. The molecule has 16 heavy (non-hydrogen) atoms. The number of rotatable bonds is 6. The molecule has 6 heteroatoms. The first-order valence-electron chi connectivity index (χ1n) is 5.23. The molecule has 0 spiro atoms. The zero-order valence-corrected chi connectivity index (χ0v) is 9.23. The summed E-state index contributed by atoms with van der Waals surface area (Å²) in [6.07, 6.45) is 2.09. The van der Waals surface area contributed by atoms with E-state index >= 15 is 0 Å². The summed E-state index contributed by atoms with van der Waals surface area (Å²) in [5.74, 6) is -1.24. The van der Waals surface area contributed by atoms with Crippen molar-refractivity contribution < 1.29 is 19.5 Å². The van der Waals surface area contributed by atoms with E-state index < -0.39 is 5.97 Å². The van der Waals surface area contributed by atoms with Crippen LogP contribution in [0.4, 0.5) is 0 Å². The summed E-state index contributed by atoms with van der Waals surface area (Å²) >= 11 is 0. The molecule has 0 radical (unpaired) electrons. The van der Waals surface area contributed by atoms with Crippen molar-refractivity contribution in [3.05, 3.63) is 0 Å². The average Bonchev–Trinajstić information content (AvgIpc) is 2.96. The topological polar surface area (TPSA) is 86.7 Å². The SMILES string of the molecule is CC(=O)NCC(=O)N(CC(=O)O)CC1CC1. The van der Waals surface area contributed by atoms with Crippen LogP contribution in [-0.4, -0.2) is 47.4 Å². The van der Waals surface area contributed by atoms with Crippen molar-refractivity contribution in [2.45, 2.75) is 19.8 Å². The van der Waals surface area contributed by atoms with Gasteiger partial charge in [-0.1, -0.05) is 0 Å². The zero-order valence-electron chi connectivity index (χ0n) is 9.23. The maximum atomic E-state index is 11.6. The average molecular weight is 228 g/mol. The van der Waals surface area contributed by atoms with E-state index in [2.05, 4.69) is 5.32 Å². The van der Waals surface area contributed by atoms with Crippen molar-refractivity contribution in [2.24, 2.45) is 5.92 Å². The second-order valence-electron chi connectivity index (χ2n) is 4.02. The minimum absolute atomic E-state index is 0.130. The second kappa shape index (κ2) is 5.48. The molecule has 0 bridgehead atoms. The van der Waals surface area contributed by atoms with E-state index in [0.717, 1.165) is 12.8 Å². The number of hydrogen-bond donors (Lipinski definition) is 2. The minimum Gasteiger partial charge on any atom is -0.480 e. The van der Waals surface area contributed by atoms with Crippen LogP contribution in [0.25, 0.3) is 0 Å². The largest absolute Gasteiger partial charge is 0.480 e. The molecule has 90 valence electrons. The zero-order chi connectivity index (χ0) is 12.1. The first-order chi connectivity index (χ1) is 7.49. The molecule has 0 heterocycles. The Balaban J connectivity index is 2.41. The number of carbonyl (C=O) groups is 3. The van der Waals surface area contributed by atoms with Crippen molar-refractivity contribution in [3.63, 3.8) is 0 Å². The van der Waals surface area contributed by atoms with Gasteiger partial charge in [0.25, 0.3) is 0 Å². The lowest BCUT2D eigenvalue weighted by Crippen LogP contribution is -2.43. The van der Waals surface area contributed by atoms with Crippen LogP contribution in [0.1, 0.15) is 19.8 Å². The predicted octanol–water partition coefficient (Wildman–Crippen LogP) is -0.554. The molecule has 0 aliphatic heterocycles. The maximum absolute atomic E-state index is 11.6. The van der Waals surface area contributed by atoms with Crippen molar-refractivity contribution in [2.75, 3.05) is 19.6 Å². The number of hydrogen-bond acceptors (Lipinski definition) is 3. The highest BCUT2D eigenvalue weighted by Crippen LogP contribution is 2.29. The Labute approximate surface area is 93.6 Å². The molecule has 0 aromatic carbocycles. The summed E-state index contributed by atoms with van der Waals surface area (Å²) in [5.41, 5.74) is 0. The summed E-state index contributed by atoms with van der Waals surface area (Å²) in [6.45, 7) is 1.37. The van der Waals surface area contributed by atoms with Gasteiger partial charge in [0.05, 0.1) is 6.54 Å². The van der Waals surface area contributed by atoms with Gasteiger partial charge in [-0.25, -0.2) is 0 Å². The van der Waals surface area contributed by atoms with Gasteiger partial charge < -0.3 is 15.3 Å². The Morgan fingerprint density at radius 2 is 2.00 bits per heavy atom. The maximum Gasteiger partial charge on any atom is 0.323 e. The van der Waals surface area contributed by atoms with Crippen LogP contribution in [0.2, 0.25) is 0 Å². The molecular formula is C10H16N2O4. The Hall–Kier alpha value is -1.59. The molecule has 0 unspecified atom stereocenters. The van der Waals surface area contributed by atoms with Gasteiger partial charge in [-0.3, -0.25) is 14.4 Å². The third kappa shape index (κ3) is 4.77. The van der Waals surface area contributed by atoms with Gasteiger partial charge in [0, 0.05) is 13.5 Å². The monoisotopic (exact) mass is 228 g/mol. The molecule has 6 nitrogen and oxygen atoms in total. The fraction of sp³-hybridized carbons (Fsp3) is 0.700. The first kappa shape index (κ1) is 12.5. The number of nitrogens with one attached hydrogen (secondary N) is 1. The van der Waals surface area contributed by atoms with Gasteiger partial charge in [0.15, 0.2) is 0 Å². The first-order valence-corrected chi connectivity index (χ1v) is 5.23. The van der Waals surface area contributed by atoms with E-state index in [9.17, 15) is 14.4 Å². The van der Waals surface area contributed by atoms with E-state index in [1.54, 1.807) is 0 Å². The fourth-order valence-corrected chi connectivity index (χ4v) is 1.34. The van der Waals surface area contributed by atoms with E-state index in [0.29, 0.717) is 12.5 Å². The summed E-state index contributed by atoms with van der Waals surface area (Å²) < 4.78 is 0. The normalized spacial score (nSPS) is 14.3. The van der Waals surface area contributed by atoms with Gasteiger partial charge in [0.1, 0.15) is 6.54 Å². The number of amides is 2. The standard InChI is InChI=1S/C10H16N2O4/c1-7(13)11-4-9(14)12(6-10(15)16)5-8-2-3-8/h8H,2-6H2,1H3,(H,11,13)(H,15,16). The highest BCUT2D eigenvalue weighted by atomic mass is 16.4. The molecule has 0 saturated heterocycles. The summed E-state index contributed by atoms with van der Waals surface area (Å²) in [4.78, 5) is 34.1. The van der Waals surface area contributed by atoms with Crippen LogP contribution < -0.4 is 5.32 Å². The third-order valence-corrected chi connectivity index (χ3v) is 2.34. The van der Waals surface area contributed by atoms with E-state index in [1.165, 1.54) is 11.8 Å². The summed E-state index contributed by atoms with van der Waals surface area (Å²) in [6, 6.07) is 0. The Bertz CT molecular complexity index is 299. The molecule has 1 saturated carbocycles. The van der Waals surface area contributed by atoms with Crippen molar-refractivity contribution >= 4 is 17.8 Å². The van der Waals surface area contributed by atoms with Crippen LogP contribution in [-0.2, 0) is 14.4 Å². The molecule has 2 amide bonds. The molecule has 1 aliphatic carbocycles. The number of carboxylic acid groups (broad SMARTS) is 1. The molecule has 1 fully saturated rings. The molecule has 1 aliphatic rings. The van der Waals surface area contributed by atoms with Crippen LogP contribution in [0.15, 0.2) is 0 Å². The lowest BCUT2D eigenvalue weighted by Gasteiger charge is -2.20. The van der Waals surface area contributed by atoms with Gasteiger partial charge >= 0.3 is 5.97 Å². The molecule has 0 atom stereocenters. The molecule has 1 rings (SSSR count). The predicted molar refractivity (Wildman–Crippen MR) is 55.6 cm³/mol. The van der Waals surface area contributed by atoms with E-state index in [-0.39, 0.29) is 24.9 Å². The Kier molecular flexibility index (Phi) is 4.28. The number of nitrogens with zero attached hydrogens (tertiary/aromatic N) is 1. The lowest BCUT2D eigenvalue weighted by atomic mass is 10.3. The highest BCUT2D eigenvalue weighted by molar-refractivity contribution is 5.86. The quantitative estimate of drug-likeness (QED) is 0.638. The van der Waals surface area contributed by atoms with Crippen molar-refractivity contribution in [1.82, 2.24) is 10.2 Å². The highest BCUT2D eigenvalue weighted by Gasteiger charge is 2.27. The Morgan fingerprint density at radius 1 is 1.38 bits per heavy atom. The lowest BCUT2D eigenvalue weighted by molar-refractivity contribution is -0.144. The van der Waals surface area contributed by atoms with Gasteiger partial charge in [-0.2, -0.15) is 0 Å².